The summed E-state index contributed by atoms with van der Waals surface area (Å²) < 4.78 is 5.94. The zero-order valence-corrected chi connectivity index (χ0v) is 11.6. The van der Waals surface area contributed by atoms with Crippen LogP contribution in [0.2, 0.25) is 0 Å². The standard InChI is InChI=1S/C16H21NO3/c18-16(19)13-3-5-14(6-4-13)20-15-7-9-17(10-8-15)11-12-1-2-12/h3-6,12,15H,1-2,7-11H2,(H,18,19). The lowest BCUT2D eigenvalue weighted by atomic mass is 10.1. The Morgan fingerprint density at radius 3 is 2.35 bits per heavy atom. The van der Waals surface area contributed by atoms with Crippen LogP contribution in [0.5, 0.6) is 5.75 Å². The van der Waals surface area contributed by atoms with Crippen LogP contribution in [0, 0.1) is 5.92 Å². The van der Waals surface area contributed by atoms with Crippen molar-refractivity contribution < 1.29 is 14.6 Å². The molecule has 20 heavy (non-hydrogen) atoms. The molecule has 0 radical (unpaired) electrons. The van der Waals surface area contributed by atoms with E-state index in [0.29, 0.717) is 5.56 Å². The van der Waals surface area contributed by atoms with E-state index in [1.54, 1.807) is 24.3 Å². The lowest BCUT2D eigenvalue weighted by Crippen LogP contribution is -2.39. The molecule has 4 nitrogen and oxygen atoms in total. The molecular weight excluding hydrogens is 254 g/mol. The SMILES string of the molecule is O=C(O)c1ccc(OC2CCN(CC3CC3)CC2)cc1. The number of nitrogens with zero attached hydrogens (tertiary/aromatic N) is 1. The number of carbonyl (C=O) groups is 1. The molecule has 2 aliphatic rings. The first kappa shape index (κ1) is 13.4. The van der Waals surface area contributed by atoms with Gasteiger partial charge < -0.3 is 14.7 Å². The van der Waals surface area contributed by atoms with Crippen molar-refractivity contribution in [2.75, 3.05) is 19.6 Å². The first-order valence-corrected chi connectivity index (χ1v) is 7.43. The summed E-state index contributed by atoms with van der Waals surface area (Å²) >= 11 is 0. The van der Waals surface area contributed by atoms with Gasteiger partial charge in [0.15, 0.2) is 0 Å². The second kappa shape index (κ2) is 5.83. The third-order valence-corrected chi connectivity index (χ3v) is 4.15. The van der Waals surface area contributed by atoms with Crippen molar-refractivity contribution in [1.82, 2.24) is 4.90 Å². The number of carboxylic acids is 1. The summed E-state index contributed by atoms with van der Waals surface area (Å²) in [4.78, 5) is 13.3. The zero-order chi connectivity index (χ0) is 13.9. The van der Waals surface area contributed by atoms with Gasteiger partial charge in [0, 0.05) is 19.6 Å². The molecule has 3 rings (SSSR count). The van der Waals surface area contributed by atoms with E-state index in [9.17, 15) is 4.79 Å². The molecular formula is C16H21NO3. The predicted octanol–water partition coefficient (Wildman–Crippen LogP) is 2.64. The Labute approximate surface area is 119 Å². The van der Waals surface area contributed by atoms with Crippen molar-refractivity contribution in [2.45, 2.75) is 31.8 Å². The summed E-state index contributed by atoms with van der Waals surface area (Å²) in [6.45, 7) is 3.50. The van der Waals surface area contributed by atoms with E-state index in [4.69, 9.17) is 9.84 Å². The largest absolute Gasteiger partial charge is 0.490 e. The van der Waals surface area contributed by atoms with Crippen LogP contribution in [0.15, 0.2) is 24.3 Å². The van der Waals surface area contributed by atoms with Gasteiger partial charge in [-0.1, -0.05) is 0 Å². The molecule has 108 valence electrons. The molecule has 1 heterocycles. The third-order valence-electron chi connectivity index (χ3n) is 4.15. The Kier molecular flexibility index (Phi) is 3.92. The highest BCUT2D eigenvalue weighted by molar-refractivity contribution is 5.87. The molecule has 2 fully saturated rings. The molecule has 1 saturated heterocycles. The van der Waals surface area contributed by atoms with Crippen molar-refractivity contribution in [3.8, 4) is 5.75 Å². The smallest absolute Gasteiger partial charge is 0.335 e. The summed E-state index contributed by atoms with van der Waals surface area (Å²) in [5.41, 5.74) is 0.302. The molecule has 4 heteroatoms. The van der Waals surface area contributed by atoms with Crippen molar-refractivity contribution >= 4 is 5.97 Å². The molecule has 1 saturated carbocycles. The average molecular weight is 275 g/mol. The molecule has 1 aromatic rings. The van der Waals surface area contributed by atoms with Crippen LogP contribution in [-0.2, 0) is 0 Å². The molecule has 0 atom stereocenters. The lowest BCUT2D eigenvalue weighted by molar-refractivity contribution is 0.0696. The third kappa shape index (κ3) is 3.51. The number of rotatable bonds is 5. The molecule has 1 aliphatic heterocycles. The Morgan fingerprint density at radius 2 is 1.80 bits per heavy atom. The maximum Gasteiger partial charge on any atom is 0.335 e. The Hall–Kier alpha value is -1.55. The maximum atomic E-state index is 10.8. The van der Waals surface area contributed by atoms with Gasteiger partial charge in [0.25, 0.3) is 0 Å². The van der Waals surface area contributed by atoms with Gasteiger partial charge in [0.1, 0.15) is 11.9 Å². The number of aromatic carboxylic acids is 1. The van der Waals surface area contributed by atoms with Gasteiger partial charge in [-0.05, 0) is 55.9 Å². The van der Waals surface area contributed by atoms with E-state index in [0.717, 1.165) is 37.6 Å². The second-order valence-corrected chi connectivity index (χ2v) is 5.89. The van der Waals surface area contributed by atoms with E-state index in [1.807, 2.05) is 0 Å². The highest BCUT2D eigenvalue weighted by Gasteiger charge is 2.27. The first-order chi connectivity index (χ1) is 9.70. The highest BCUT2D eigenvalue weighted by Crippen LogP contribution is 2.30. The number of hydrogen-bond acceptors (Lipinski definition) is 3. The summed E-state index contributed by atoms with van der Waals surface area (Å²) in [6.07, 6.45) is 5.21. The van der Waals surface area contributed by atoms with Gasteiger partial charge in [-0.3, -0.25) is 0 Å². The number of hydrogen-bond donors (Lipinski definition) is 1. The topological polar surface area (TPSA) is 49.8 Å². The fraction of sp³-hybridized carbons (Fsp3) is 0.562. The fourth-order valence-corrected chi connectivity index (χ4v) is 2.74. The summed E-state index contributed by atoms with van der Waals surface area (Å²) in [6, 6.07) is 6.69. The van der Waals surface area contributed by atoms with Crippen LogP contribution in [0.1, 0.15) is 36.0 Å². The molecule has 1 aliphatic carbocycles. The average Bonchev–Trinajstić information content (AvgIpc) is 3.26. The summed E-state index contributed by atoms with van der Waals surface area (Å²) in [5.74, 6) is 0.830. The van der Waals surface area contributed by atoms with Crippen LogP contribution >= 0.6 is 0 Å². The van der Waals surface area contributed by atoms with Crippen molar-refractivity contribution in [3.05, 3.63) is 29.8 Å². The van der Waals surface area contributed by atoms with Crippen molar-refractivity contribution in [3.63, 3.8) is 0 Å². The van der Waals surface area contributed by atoms with Crippen LogP contribution in [0.3, 0.4) is 0 Å². The molecule has 0 bridgehead atoms. The molecule has 1 N–H and O–H groups in total. The van der Waals surface area contributed by atoms with Crippen LogP contribution in [0.25, 0.3) is 0 Å². The minimum Gasteiger partial charge on any atom is -0.490 e. The minimum atomic E-state index is -0.898. The fourth-order valence-electron chi connectivity index (χ4n) is 2.74. The second-order valence-electron chi connectivity index (χ2n) is 5.89. The highest BCUT2D eigenvalue weighted by atomic mass is 16.5. The molecule has 0 amide bonds. The van der Waals surface area contributed by atoms with Gasteiger partial charge in [-0.15, -0.1) is 0 Å². The molecule has 1 aromatic carbocycles. The van der Waals surface area contributed by atoms with Crippen molar-refractivity contribution in [1.29, 1.82) is 0 Å². The minimum absolute atomic E-state index is 0.265. The van der Waals surface area contributed by atoms with Gasteiger partial charge in [0.05, 0.1) is 5.56 Å². The van der Waals surface area contributed by atoms with E-state index in [2.05, 4.69) is 4.90 Å². The van der Waals surface area contributed by atoms with Gasteiger partial charge in [0.2, 0.25) is 0 Å². The summed E-state index contributed by atoms with van der Waals surface area (Å²) in [5, 5.41) is 8.86. The van der Waals surface area contributed by atoms with Crippen LogP contribution in [0.4, 0.5) is 0 Å². The molecule has 0 unspecified atom stereocenters. The Morgan fingerprint density at radius 1 is 1.15 bits per heavy atom. The van der Waals surface area contributed by atoms with Crippen molar-refractivity contribution in [2.24, 2.45) is 5.92 Å². The van der Waals surface area contributed by atoms with E-state index in [-0.39, 0.29) is 6.10 Å². The Balaban J connectivity index is 1.47. The quantitative estimate of drug-likeness (QED) is 0.897. The van der Waals surface area contributed by atoms with Gasteiger partial charge in [-0.2, -0.15) is 0 Å². The lowest BCUT2D eigenvalue weighted by Gasteiger charge is -2.32. The Bertz CT molecular complexity index is 459. The van der Waals surface area contributed by atoms with Gasteiger partial charge in [-0.25, -0.2) is 4.79 Å². The van der Waals surface area contributed by atoms with Gasteiger partial charge >= 0.3 is 5.97 Å². The monoisotopic (exact) mass is 275 g/mol. The number of likely N-dealkylation sites (tertiary alicyclic amines) is 1. The molecule has 0 aromatic heterocycles. The number of carboxylic acid groups (broad SMARTS) is 1. The van der Waals surface area contributed by atoms with Crippen LogP contribution in [-0.4, -0.2) is 41.7 Å². The normalized spacial score (nSPS) is 20.8. The number of piperidine rings is 1. The van der Waals surface area contributed by atoms with Crippen LogP contribution < -0.4 is 4.74 Å². The molecule has 0 spiro atoms. The zero-order valence-electron chi connectivity index (χ0n) is 11.6. The van der Waals surface area contributed by atoms with E-state index >= 15 is 0 Å². The van der Waals surface area contributed by atoms with E-state index in [1.165, 1.54) is 19.4 Å². The number of ether oxygens (including phenoxy) is 1. The van der Waals surface area contributed by atoms with E-state index < -0.39 is 5.97 Å². The predicted molar refractivity (Wildman–Crippen MR) is 76.2 cm³/mol. The first-order valence-electron chi connectivity index (χ1n) is 7.43. The maximum absolute atomic E-state index is 10.8. The number of benzene rings is 1. The summed E-state index contributed by atoms with van der Waals surface area (Å²) in [7, 11) is 0.